The van der Waals surface area contributed by atoms with Gasteiger partial charge in [0.25, 0.3) is 5.56 Å². The SMILES string of the molecule is Cc1c(-c2cc(NCCN(C)C)nc3[nH]ccc23)c(=O)n(C)c(=O)n1C. The van der Waals surface area contributed by atoms with Gasteiger partial charge in [0.2, 0.25) is 0 Å². The maximum atomic E-state index is 12.8. The Morgan fingerprint density at radius 3 is 2.65 bits per heavy atom. The topological polar surface area (TPSA) is 88.0 Å². The normalized spacial score (nSPS) is 11.5. The first-order valence-corrected chi connectivity index (χ1v) is 8.45. The molecule has 0 aliphatic rings. The molecule has 0 saturated carbocycles. The summed E-state index contributed by atoms with van der Waals surface area (Å²) in [6, 6.07) is 3.77. The zero-order chi connectivity index (χ0) is 19.0. The Labute approximate surface area is 151 Å². The van der Waals surface area contributed by atoms with Gasteiger partial charge in [-0.3, -0.25) is 9.36 Å². The maximum Gasteiger partial charge on any atom is 0.330 e. The number of hydrogen-bond acceptors (Lipinski definition) is 5. The average molecular weight is 356 g/mol. The highest BCUT2D eigenvalue weighted by atomic mass is 16.2. The summed E-state index contributed by atoms with van der Waals surface area (Å²) in [6.07, 6.45) is 1.80. The standard InChI is InChI=1S/C18H24N6O2/c1-11-15(17(25)24(5)18(26)23(11)4)13-10-14(19-8-9-22(2)3)21-16-12(13)6-7-20-16/h6-7,10H,8-9H2,1-5H3,(H2,19,20,21). The third kappa shape index (κ3) is 3.03. The van der Waals surface area contributed by atoms with Crippen LogP contribution in [-0.4, -0.2) is 51.2 Å². The second-order valence-corrected chi connectivity index (χ2v) is 6.69. The van der Waals surface area contributed by atoms with Crippen LogP contribution < -0.4 is 16.6 Å². The van der Waals surface area contributed by atoms with E-state index in [1.54, 1.807) is 20.2 Å². The number of nitrogens with zero attached hydrogens (tertiary/aromatic N) is 4. The summed E-state index contributed by atoms with van der Waals surface area (Å²) in [5, 5.41) is 4.15. The van der Waals surface area contributed by atoms with Crippen LogP contribution in [0.4, 0.5) is 5.82 Å². The van der Waals surface area contributed by atoms with Gasteiger partial charge in [0.15, 0.2) is 0 Å². The molecular formula is C18H24N6O2. The molecule has 0 amide bonds. The predicted octanol–water partition coefficient (Wildman–Crippen LogP) is 0.909. The number of anilines is 1. The van der Waals surface area contributed by atoms with Crippen LogP contribution in [0, 0.1) is 6.92 Å². The summed E-state index contributed by atoms with van der Waals surface area (Å²) >= 11 is 0. The molecule has 0 unspecified atom stereocenters. The maximum absolute atomic E-state index is 12.8. The van der Waals surface area contributed by atoms with Gasteiger partial charge in [0.05, 0.1) is 5.56 Å². The number of likely N-dealkylation sites (N-methyl/N-ethyl adjacent to an activating group) is 1. The molecule has 3 aromatic rings. The number of nitrogens with one attached hydrogen (secondary N) is 2. The van der Waals surface area contributed by atoms with Gasteiger partial charge in [-0.05, 0) is 33.2 Å². The van der Waals surface area contributed by atoms with Crippen LogP contribution in [-0.2, 0) is 14.1 Å². The van der Waals surface area contributed by atoms with Gasteiger partial charge in [0, 0.05) is 50.0 Å². The number of fused-ring (bicyclic) bond motifs is 1. The van der Waals surface area contributed by atoms with Gasteiger partial charge in [-0.2, -0.15) is 0 Å². The Morgan fingerprint density at radius 2 is 1.96 bits per heavy atom. The van der Waals surface area contributed by atoms with Crippen LogP contribution in [0.3, 0.4) is 0 Å². The molecule has 0 aliphatic heterocycles. The van der Waals surface area contributed by atoms with E-state index in [2.05, 4.69) is 20.2 Å². The Hall–Kier alpha value is -2.87. The first-order chi connectivity index (χ1) is 12.3. The van der Waals surface area contributed by atoms with Gasteiger partial charge in [-0.25, -0.2) is 9.78 Å². The molecule has 0 saturated heterocycles. The molecule has 0 atom stereocenters. The highest BCUT2D eigenvalue weighted by molar-refractivity contribution is 5.95. The van der Waals surface area contributed by atoms with E-state index < -0.39 is 0 Å². The number of aromatic nitrogens is 4. The van der Waals surface area contributed by atoms with E-state index in [1.165, 1.54) is 11.6 Å². The largest absolute Gasteiger partial charge is 0.369 e. The van der Waals surface area contributed by atoms with Crippen molar-refractivity contribution in [3.8, 4) is 11.1 Å². The third-order valence-corrected chi connectivity index (χ3v) is 4.62. The van der Waals surface area contributed by atoms with E-state index in [1.807, 2.05) is 26.2 Å². The molecule has 8 nitrogen and oxygen atoms in total. The first-order valence-electron chi connectivity index (χ1n) is 8.45. The van der Waals surface area contributed by atoms with Crippen molar-refractivity contribution in [2.45, 2.75) is 6.92 Å². The van der Waals surface area contributed by atoms with E-state index >= 15 is 0 Å². The second-order valence-electron chi connectivity index (χ2n) is 6.69. The molecule has 138 valence electrons. The van der Waals surface area contributed by atoms with E-state index in [9.17, 15) is 9.59 Å². The van der Waals surface area contributed by atoms with Crippen LogP contribution in [0.5, 0.6) is 0 Å². The highest BCUT2D eigenvalue weighted by Gasteiger charge is 2.18. The first kappa shape index (κ1) is 17.9. The monoisotopic (exact) mass is 356 g/mol. The summed E-state index contributed by atoms with van der Waals surface area (Å²) in [6.45, 7) is 3.38. The van der Waals surface area contributed by atoms with Crippen molar-refractivity contribution >= 4 is 16.9 Å². The van der Waals surface area contributed by atoms with E-state index in [0.29, 0.717) is 22.7 Å². The van der Waals surface area contributed by atoms with Crippen LogP contribution in [0.15, 0.2) is 27.9 Å². The smallest absolute Gasteiger partial charge is 0.330 e. The number of aromatic amines is 1. The minimum Gasteiger partial charge on any atom is -0.369 e. The molecular weight excluding hydrogens is 332 g/mol. The molecule has 0 radical (unpaired) electrons. The minimum absolute atomic E-state index is 0.307. The molecule has 0 aliphatic carbocycles. The van der Waals surface area contributed by atoms with E-state index in [-0.39, 0.29) is 11.2 Å². The lowest BCUT2D eigenvalue weighted by molar-refractivity contribution is 0.425. The fourth-order valence-corrected chi connectivity index (χ4v) is 3.00. The van der Waals surface area contributed by atoms with Crippen LogP contribution in [0.2, 0.25) is 0 Å². The fourth-order valence-electron chi connectivity index (χ4n) is 3.00. The molecule has 3 heterocycles. The van der Waals surface area contributed by atoms with Crippen molar-refractivity contribution < 1.29 is 0 Å². The van der Waals surface area contributed by atoms with Crippen molar-refractivity contribution in [2.75, 3.05) is 32.5 Å². The Morgan fingerprint density at radius 1 is 1.23 bits per heavy atom. The van der Waals surface area contributed by atoms with Crippen molar-refractivity contribution in [3.05, 3.63) is 44.9 Å². The number of hydrogen-bond donors (Lipinski definition) is 2. The Bertz CT molecular complexity index is 1070. The van der Waals surface area contributed by atoms with Crippen molar-refractivity contribution in [1.82, 2.24) is 24.0 Å². The van der Waals surface area contributed by atoms with Gasteiger partial charge < -0.3 is 19.8 Å². The summed E-state index contributed by atoms with van der Waals surface area (Å²) in [4.78, 5) is 34.8. The average Bonchev–Trinajstić information content (AvgIpc) is 3.06. The number of H-pyrrole nitrogens is 1. The molecule has 0 aromatic carbocycles. The number of rotatable bonds is 5. The highest BCUT2D eigenvalue weighted by Crippen LogP contribution is 2.29. The zero-order valence-electron chi connectivity index (χ0n) is 15.8. The molecule has 0 spiro atoms. The number of pyridine rings is 1. The molecule has 2 N–H and O–H groups in total. The van der Waals surface area contributed by atoms with Gasteiger partial charge in [-0.15, -0.1) is 0 Å². The van der Waals surface area contributed by atoms with Crippen molar-refractivity contribution in [1.29, 1.82) is 0 Å². The van der Waals surface area contributed by atoms with Crippen LogP contribution in [0.1, 0.15) is 5.69 Å². The molecule has 3 aromatic heterocycles. The predicted molar refractivity (Wildman–Crippen MR) is 104 cm³/mol. The van der Waals surface area contributed by atoms with Gasteiger partial charge in [-0.1, -0.05) is 0 Å². The fraction of sp³-hybridized carbons (Fsp3) is 0.389. The quantitative estimate of drug-likeness (QED) is 0.709. The van der Waals surface area contributed by atoms with Crippen molar-refractivity contribution in [3.63, 3.8) is 0 Å². The summed E-state index contributed by atoms with van der Waals surface area (Å²) in [5.41, 5.74) is 1.96. The summed E-state index contributed by atoms with van der Waals surface area (Å²) in [5.74, 6) is 0.687. The minimum atomic E-state index is -0.333. The lowest BCUT2D eigenvalue weighted by Crippen LogP contribution is -2.39. The lowest BCUT2D eigenvalue weighted by atomic mass is 10.0. The second kappa shape index (κ2) is 6.80. The summed E-state index contributed by atoms with van der Waals surface area (Å²) < 4.78 is 2.63. The van der Waals surface area contributed by atoms with Gasteiger partial charge in [0.1, 0.15) is 11.5 Å². The van der Waals surface area contributed by atoms with Gasteiger partial charge >= 0.3 is 5.69 Å². The molecule has 3 rings (SSSR count). The summed E-state index contributed by atoms with van der Waals surface area (Å²) in [7, 11) is 7.18. The van der Waals surface area contributed by atoms with E-state index in [4.69, 9.17) is 0 Å². The molecule has 0 bridgehead atoms. The Kier molecular flexibility index (Phi) is 4.69. The third-order valence-electron chi connectivity index (χ3n) is 4.62. The zero-order valence-corrected chi connectivity index (χ0v) is 15.8. The van der Waals surface area contributed by atoms with Crippen LogP contribution >= 0.6 is 0 Å². The van der Waals surface area contributed by atoms with E-state index in [0.717, 1.165) is 28.6 Å². The molecule has 8 heteroatoms. The molecule has 26 heavy (non-hydrogen) atoms. The van der Waals surface area contributed by atoms with Crippen molar-refractivity contribution in [2.24, 2.45) is 14.1 Å². The molecule has 0 fully saturated rings. The lowest BCUT2D eigenvalue weighted by Gasteiger charge is -2.15. The Balaban J connectivity index is 2.21. The van der Waals surface area contributed by atoms with Crippen LogP contribution in [0.25, 0.3) is 22.2 Å².